The fraction of sp³-hybridized carbons (Fsp3) is 0.214. The van der Waals surface area contributed by atoms with Crippen molar-refractivity contribution in [1.29, 1.82) is 21.0 Å². The fourth-order valence-electron chi connectivity index (χ4n) is 1.73. The average Bonchev–Trinajstić information content (AvgIpc) is 2.54. The van der Waals surface area contributed by atoms with Crippen LogP contribution in [0.1, 0.15) is 16.8 Å². The van der Waals surface area contributed by atoms with Gasteiger partial charge in [0.1, 0.15) is 0 Å². The lowest BCUT2D eigenvalue weighted by Gasteiger charge is -2.17. The molecule has 1 rings (SSSR count). The van der Waals surface area contributed by atoms with Gasteiger partial charge in [-0.15, -0.1) is 0 Å². The van der Waals surface area contributed by atoms with E-state index in [1.807, 2.05) is 0 Å². The van der Waals surface area contributed by atoms with E-state index in [1.54, 1.807) is 12.1 Å². The zero-order valence-electron chi connectivity index (χ0n) is 11.1. The third-order valence-corrected chi connectivity index (χ3v) is 2.97. The summed E-state index contributed by atoms with van der Waals surface area (Å²) in [5, 5.41) is 46.6. The van der Waals surface area contributed by atoms with Gasteiger partial charge in [0, 0.05) is 24.1 Å². The van der Waals surface area contributed by atoms with Crippen molar-refractivity contribution in [3.05, 3.63) is 39.9 Å². The number of Topliss-reactive ketones (excluding diaryl/α,β-unsaturated/α-hetero) is 1. The molecule has 0 atom stereocenters. The Kier molecular flexibility index (Phi) is 4.90. The van der Waals surface area contributed by atoms with Crippen molar-refractivity contribution in [2.45, 2.75) is 6.42 Å². The highest BCUT2D eigenvalue weighted by Gasteiger charge is 2.43. The van der Waals surface area contributed by atoms with Crippen molar-refractivity contribution >= 4 is 11.5 Å². The predicted molar refractivity (Wildman–Crippen MR) is 70.4 cm³/mol. The molecular formula is C14H7N5O3. The molecule has 0 radical (unpaired) electrons. The van der Waals surface area contributed by atoms with Gasteiger partial charge in [-0.2, -0.15) is 21.0 Å². The van der Waals surface area contributed by atoms with Gasteiger partial charge in [0.2, 0.25) is 0 Å². The number of nitriles is 4. The number of nitrogens with zero attached hydrogens (tertiary/aromatic N) is 5. The number of nitro groups is 1. The van der Waals surface area contributed by atoms with Gasteiger partial charge in [-0.25, -0.2) is 0 Å². The number of carbonyl (C=O) groups is 1. The molecule has 0 saturated heterocycles. The van der Waals surface area contributed by atoms with Crippen molar-refractivity contribution in [3.8, 4) is 24.3 Å². The van der Waals surface area contributed by atoms with Crippen molar-refractivity contribution in [2.75, 3.05) is 0 Å². The molecule has 0 aliphatic rings. The third kappa shape index (κ3) is 3.04. The first-order valence-corrected chi connectivity index (χ1v) is 5.83. The second-order valence-electron chi connectivity index (χ2n) is 4.29. The van der Waals surface area contributed by atoms with Crippen LogP contribution < -0.4 is 0 Å². The standard InChI is InChI=1S/C14H7N5O3/c15-6-11(7-16)14(8-17,9-18)5-13(20)10-2-1-3-12(4-10)19(21)22/h1-4,11H,5H2. The van der Waals surface area contributed by atoms with E-state index in [-0.39, 0.29) is 11.3 Å². The Morgan fingerprint density at radius 3 is 2.27 bits per heavy atom. The maximum Gasteiger partial charge on any atom is 0.270 e. The molecule has 22 heavy (non-hydrogen) atoms. The molecule has 0 aromatic heterocycles. The van der Waals surface area contributed by atoms with Crippen LogP contribution in [0.3, 0.4) is 0 Å². The van der Waals surface area contributed by atoms with Gasteiger partial charge in [-0.3, -0.25) is 14.9 Å². The Labute approximate surface area is 125 Å². The molecular weight excluding hydrogens is 286 g/mol. The number of ketones is 1. The average molecular weight is 293 g/mol. The highest BCUT2D eigenvalue weighted by atomic mass is 16.6. The summed E-state index contributed by atoms with van der Waals surface area (Å²) in [6.07, 6.45) is -0.701. The van der Waals surface area contributed by atoms with Crippen LogP contribution in [0.15, 0.2) is 24.3 Å². The Balaban J connectivity index is 3.20. The van der Waals surface area contributed by atoms with E-state index < -0.39 is 28.5 Å². The van der Waals surface area contributed by atoms with E-state index in [2.05, 4.69) is 0 Å². The lowest BCUT2D eigenvalue weighted by Crippen LogP contribution is -2.29. The number of benzene rings is 1. The van der Waals surface area contributed by atoms with Crippen LogP contribution in [0.25, 0.3) is 0 Å². The summed E-state index contributed by atoms with van der Waals surface area (Å²) in [4.78, 5) is 22.1. The summed E-state index contributed by atoms with van der Waals surface area (Å²) in [6, 6.07) is 10.9. The summed E-state index contributed by atoms with van der Waals surface area (Å²) in [7, 11) is 0. The molecule has 1 aromatic rings. The first-order valence-electron chi connectivity index (χ1n) is 5.83. The molecule has 0 unspecified atom stereocenters. The van der Waals surface area contributed by atoms with Gasteiger partial charge >= 0.3 is 0 Å². The van der Waals surface area contributed by atoms with Crippen LogP contribution in [0.4, 0.5) is 5.69 Å². The number of rotatable bonds is 5. The van der Waals surface area contributed by atoms with Gasteiger partial charge in [0.15, 0.2) is 17.1 Å². The summed E-state index contributed by atoms with van der Waals surface area (Å²) >= 11 is 0. The molecule has 1 aromatic carbocycles. The van der Waals surface area contributed by atoms with Gasteiger partial charge < -0.3 is 0 Å². The lowest BCUT2D eigenvalue weighted by molar-refractivity contribution is -0.384. The minimum absolute atomic E-state index is 0.0706. The van der Waals surface area contributed by atoms with E-state index in [4.69, 9.17) is 21.0 Å². The Morgan fingerprint density at radius 2 is 1.82 bits per heavy atom. The van der Waals surface area contributed by atoms with E-state index in [0.717, 1.165) is 6.07 Å². The Hall–Kier alpha value is -3.75. The molecule has 8 nitrogen and oxygen atoms in total. The Bertz CT molecular complexity index is 760. The number of non-ortho nitro benzene ring substituents is 1. The lowest BCUT2D eigenvalue weighted by atomic mass is 9.74. The van der Waals surface area contributed by atoms with E-state index in [9.17, 15) is 14.9 Å². The minimum atomic E-state index is -2.12. The summed E-state index contributed by atoms with van der Waals surface area (Å²) < 4.78 is 0. The maximum atomic E-state index is 12.1. The van der Waals surface area contributed by atoms with Crippen LogP contribution in [0.2, 0.25) is 0 Å². The Morgan fingerprint density at radius 1 is 1.23 bits per heavy atom. The number of carbonyl (C=O) groups excluding carboxylic acids is 1. The van der Waals surface area contributed by atoms with Gasteiger partial charge in [0.05, 0.1) is 29.2 Å². The molecule has 0 fully saturated rings. The van der Waals surface area contributed by atoms with Gasteiger partial charge in [0.25, 0.3) is 5.69 Å². The number of nitro benzene ring substituents is 1. The molecule has 0 spiro atoms. The molecule has 8 heteroatoms. The van der Waals surface area contributed by atoms with E-state index in [1.165, 1.54) is 30.3 Å². The first-order chi connectivity index (χ1) is 10.4. The van der Waals surface area contributed by atoms with E-state index >= 15 is 0 Å². The zero-order chi connectivity index (χ0) is 16.8. The highest BCUT2D eigenvalue weighted by molar-refractivity contribution is 5.97. The molecule has 106 valence electrons. The summed E-state index contributed by atoms with van der Waals surface area (Å²) in [5.74, 6) is -2.34. The van der Waals surface area contributed by atoms with Crippen molar-refractivity contribution in [2.24, 2.45) is 11.3 Å². The summed E-state index contributed by atoms with van der Waals surface area (Å²) in [5.41, 5.74) is -2.51. The topological polar surface area (TPSA) is 155 Å². The van der Waals surface area contributed by atoms with Gasteiger partial charge in [-0.05, 0) is 0 Å². The van der Waals surface area contributed by atoms with Crippen LogP contribution in [0, 0.1) is 66.8 Å². The molecule has 0 aliphatic carbocycles. The highest BCUT2D eigenvalue weighted by Crippen LogP contribution is 2.32. The smallest absolute Gasteiger partial charge is 0.270 e. The van der Waals surface area contributed by atoms with Crippen molar-refractivity contribution < 1.29 is 9.72 Å². The van der Waals surface area contributed by atoms with Crippen LogP contribution in [-0.4, -0.2) is 10.7 Å². The summed E-state index contributed by atoms with van der Waals surface area (Å²) in [6.45, 7) is 0. The zero-order valence-corrected chi connectivity index (χ0v) is 11.1. The minimum Gasteiger partial charge on any atom is -0.294 e. The molecule has 0 amide bonds. The van der Waals surface area contributed by atoms with E-state index in [0.29, 0.717) is 0 Å². The quantitative estimate of drug-likeness (QED) is 0.455. The maximum absolute atomic E-state index is 12.1. The number of hydrogen-bond donors (Lipinski definition) is 0. The molecule has 0 bridgehead atoms. The van der Waals surface area contributed by atoms with Crippen molar-refractivity contribution in [3.63, 3.8) is 0 Å². The molecule has 0 heterocycles. The van der Waals surface area contributed by atoms with Crippen molar-refractivity contribution in [1.82, 2.24) is 0 Å². The molecule has 0 saturated carbocycles. The monoisotopic (exact) mass is 293 g/mol. The normalized spacial score (nSPS) is 9.86. The molecule has 0 N–H and O–H groups in total. The van der Waals surface area contributed by atoms with Crippen LogP contribution in [-0.2, 0) is 0 Å². The number of hydrogen-bond acceptors (Lipinski definition) is 7. The first kappa shape index (κ1) is 16.3. The fourth-order valence-corrected chi connectivity index (χ4v) is 1.73. The second-order valence-corrected chi connectivity index (χ2v) is 4.29. The third-order valence-electron chi connectivity index (χ3n) is 2.97. The SMILES string of the molecule is N#CC(C#N)C(C#N)(C#N)CC(=O)c1cccc([N+](=O)[O-])c1. The second kappa shape index (κ2) is 6.61. The predicted octanol–water partition coefficient (Wildman–Crippen LogP) is 1.86. The molecule has 0 aliphatic heterocycles. The van der Waals surface area contributed by atoms with Crippen LogP contribution in [0.5, 0.6) is 0 Å². The largest absolute Gasteiger partial charge is 0.294 e. The van der Waals surface area contributed by atoms with Gasteiger partial charge in [-0.1, -0.05) is 12.1 Å². The van der Waals surface area contributed by atoms with Crippen LogP contribution >= 0.6 is 0 Å².